The van der Waals surface area contributed by atoms with Crippen LogP contribution in [-0.2, 0) is 12.8 Å². The molecule has 6 rings (SSSR count). The number of fused-ring (bicyclic) bond motifs is 1. The number of thiophene rings is 1. The fraction of sp³-hybridized carbons (Fsp3) is 0.0968. The van der Waals surface area contributed by atoms with Crippen LogP contribution in [0.5, 0.6) is 0 Å². The van der Waals surface area contributed by atoms with Gasteiger partial charge in [-0.05, 0) is 66.3 Å². The minimum Gasteiger partial charge on any atom is -0.335 e. The van der Waals surface area contributed by atoms with Crippen LogP contribution in [0.2, 0.25) is 0 Å². The first kappa shape index (κ1) is 24.6. The number of nitrogens with one attached hydrogen (secondary N) is 2. The molecule has 0 amide bonds. The predicted molar refractivity (Wildman–Crippen MR) is 156 cm³/mol. The van der Waals surface area contributed by atoms with E-state index in [9.17, 15) is 4.39 Å². The lowest BCUT2D eigenvalue weighted by Gasteiger charge is -2.05. The Balaban J connectivity index is 1.25. The largest absolute Gasteiger partial charge is 0.335 e. The standard InChI is InChI=1S/C31H25FN6S/c1-19(23-14-22(15-33-16-23)10-9-21-6-4-3-5-7-21)8-11-25-20(2)29(38-37-25)31-35-26-18-34-17-24(30(26)36-31)27-12-13-28(32)39-27/h3-8,11-18,37H,2,9-10H2,1H3,(H,35,36)/b19-8+,25-11+. The van der Waals surface area contributed by atoms with E-state index in [0.717, 1.165) is 61.8 Å². The molecule has 0 saturated heterocycles. The number of aromatic nitrogens is 6. The smallest absolute Gasteiger partial charge is 0.176 e. The molecular weight excluding hydrogens is 507 g/mol. The Hall–Kier alpha value is -4.69. The molecule has 8 heteroatoms. The third-order valence-corrected chi connectivity index (χ3v) is 7.56. The summed E-state index contributed by atoms with van der Waals surface area (Å²) in [6.45, 7) is 6.30. The summed E-state index contributed by atoms with van der Waals surface area (Å²) in [7, 11) is 0. The van der Waals surface area contributed by atoms with Gasteiger partial charge in [0.15, 0.2) is 11.0 Å². The summed E-state index contributed by atoms with van der Waals surface area (Å²) in [5.41, 5.74) is 7.54. The lowest BCUT2D eigenvalue weighted by molar-refractivity contribution is 0.657. The summed E-state index contributed by atoms with van der Waals surface area (Å²) < 4.78 is 13.6. The minimum atomic E-state index is -0.247. The Labute approximate surface area is 228 Å². The SMILES string of the molecule is C=c1c(-c2nc3c(-c4ccc(F)s4)cncc3[nH]2)n[nH]/c1=C/C=C(\C)c1cncc(CCc2ccccc2)c1. The van der Waals surface area contributed by atoms with E-state index >= 15 is 0 Å². The molecule has 0 bridgehead atoms. The zero-order valence-corrected chi connectivity index (χ0v) is 22.1. The maximum atomic E-state index is 13.6. The zero-order chi connectivity index (χ0) is 26.8. The van der Waals surface area contributed by atoms with Crippen LogP contribution in [0.1, 0.15) is 23.6 Å². The Bertz CT molecular complexity index is 1920. The van der Waals surface area contributed by atoms with Gasteiger partial charge in [-0.3, -0.25) is 15.1 Å². The van der Waals surface area contributed by atoms with Crippen molar-refractivity contribution in [2.45, 2.75) is 19.8 Å². The van der Waals surface area contributed by atoms with Gasteiger partial charge in [0, 0.05) is 34.2 Å². The van der Waals surface area contributed by atoms with Crippen molar-refractivity contribution in [3.05, 3.63) is 112 Å². The Morgan fingerprint density at radius 1 is 1.00 bits per heavy atom. The van der Waals surface area contributed by atoms with E-state index in [2.05, 4.69) is 69.0 Å². The van der Waals surface area contributed by atoms with Crippen molar-refractivity contribution in [2.75, 3.05) is 0 Å². The highest BCUT2D eigenvalue weighted by Crippen LogP contribution is 2.32. The Morgan fingerprint density at radius 2 is 1.82 bits per heavy atom. The topological polar surface area (TPSA) is 83.1 Å². The first-order valence-electron chi connectivity index (χ1n) is 12.5. The number of halogens is 1. The number of allylic oxidation sites excluding steroid dienone is 2. The zero-order valence-electron chi connectivity index (χ0n) is 21.3. The van der Waals surface area contributed by atoms with Crippen LogP contribution < -0.4 is 10.6 Å². The van der Waals surface area contributed by atoms with E-state index < -0.39 is 0 Å². The molecule has 2 N–H and O–H groups in total. The van der Waals surface area contributed by atoms with Crippen molar-refractivity contribution >= 4 is 40.6 Å². The second-order valence-electron chi connectivity index (χ2n) is 9.32. The third-order valence-electron chi connectivity index (χ3n) is 6.65. The third kappa shape index (κ3) is 5.19. The van der Waals surface area contributed by atoms with Gasteiger partial charge in [0.2, 0.25) is 0 Å². The van der Waals surface area contributed by atoms with Crippen LogP contribution in [0.25, 0.3) is 51.2 Å². The van der Waals surface area contributed by atoms with Crippen molar-refractivity contribution in [1.29, 1.82) is 0 Å². The predicted octanol–water partition coefficient (Wildman–Crippen LogP) is 5.69. The number of nitrogens with zero attached hydrogens (tertiary/aromatic N) is 4. The number of rotatable bonds is 7. The normalized spacial score (nSPS) is 12.5. The molecule has 0 aliphatic heterocycles. The van der Waals surface area contributed by atoms with Crippen LogP contribution in [0.4, 0.5) is 4.39 Å². The average Bonchev–Trinajstić information content (AvgIpc) is 3.69. The molecule has 0 aliphatic rings. The van der Waals surface area contributed by atoms with Crippen molar-refractivity contribution in [3.63, 3.8) is 0 Å². The second kappa shape index (κ2) is 10.6. The molecule has 5 heterocycles. The first-order chi connectivity index (χ1) is 19.0. The highest BCUT2D eigenvalue weighted by Gasteiger charge is 2.15. The first-order valence-corrected chi connectivity index (χ1v) is 13.4. The highest BCUT2D eigenvalue weighted by molar-refractivity contribution is 7.14. The molecule has 0 unspecified atom stereocenters. The number of aryl methyl sites for hydroxylation is 2. The summed E-state index contributed by atoms with van der Waals surface area (Å²) in [6.07, 6.45) is 13.1. The van der Waals surface area contributed by atoms with E-state index in [4.69, 9.17) is 4.98 Å². The van der Waals surface area contributed by atoms with E-state index in [1.807, 2.05) is 30.6 Å². The maximum absolute atomic E-state index is 13.6. The molecule has 0 saturated carbocycles. The minimum absolute atomic E-state index is 0.247. The maximum Gasteiger partial charge on any atom is 0.176 e. The molecule has 5 aromatic heterocycles. The number of aromatic amines is 2. The van der Waals surface area contributed by atoms with Gasteiger partial charge >= 0.3 is 0 Å². The molecule has 192 valence electrons. The number of hydrogen-bond acceptors (Lipinski definition) is 5. The quantitative estimate of drug-likeness (QED) is 0.277. The van der Waals surface area contributed by atoms with E-state index in [0.29, 0.717) is 17.0 Å². The van der Waals surface area contributed by atoms with E-state index in [-0.39, 0.29) is 5.13 Å². The number of hydrogen-bond donors (Lipinski definition) is 2. The van der Waals surface area contributed by atoms with Crippen molar-refractivity contribution in [1.82, 2.24) is 30.1 Å². The molecule has 0 atom stereocenters. The van der Waals surface area contributed by atoms with E-state index in [1.165, 1.54) is 17.2 Å². The lowest BCUT2D eigenvalue weighted by Crippen LogP contribution is -2.21. The van der Waals surface area contributed by atoms with Gasteiger partial charge < -0.3 is 4.98 Å². The lowest BCUT2D eigenvalue weighted by atomic mass is 10.0. The van der Waals surface area contributed by atoms with Gasteiger partial charge in [0.05, 0.1) is 17.1 Å². The molecule has 39 heavy (non-hydrogen) atoms. The number of imidazole rings is 1. The Kier molecular flexibility index (Phi) is 6.69. The molecule has 6 nitrogen and oxygen atoms in total. The van der Waals surface area contributed by atoms with Crippen LogP contribution >= 0.6 is 11.3 Å². The van der Waals surface area contributed by atoms with Gasteiger partial charge in [-0.25, -0.2) is 4.98 Å². The summed E-state index contributed by atoms with van der Waals surface area (Å²) in [6, 6.07) is 15.9. The fourth-order valence-electron chi connectivity index (χ4n) is 4.47. The molecule has 0 aliphatic carbocycles. The monoisotopic (exact) mass is 532 g/mol. The fourth-order valence-corrected chi connectivity index (χ4v) is 5.22. The van der Waals surface area contributed by atoms with Crippen LogP contribution in [0.15, 0.2) is 79.4 Å². The summed E-state index contributed by atoms with van der Waals surface area (Å²) >= 11 is 1.07. The van der Waals surface area contributed by atoms with Gasteiger partial charge in [0.25, 0.3) is 0 Å². The van der Waals surface area contributed by atoms with Gasteiger partial charge in [-0.2, -0.15) is 9.49 Å². The molecule has 0 fully saturated rings. The average molecular weight is 533 g/mol. The molecule has 0 radical (unpaired) electrons. The summed E-state index contributed by atoms with van der Waals surface area (Å²) in [5, 5.41) is 8.81. The molecule has 6 aromatic rings. The molecule has 1 aromatic carbocycles. The van der Waals surface area contributed by atoms with Gasteiger partial charge in [-0.15, -0.1) is 11.3 Å². The molecule has 0 spiro atoms. The second-order valence-corrected chi connectivity index (χ2v) is 10.4. The van der Waals surface area contributed by atoms with Crippen LogP contribution in [-0.4, -0.2) is 30.1 Å². The van der Waals surface area contributed by atoms with Crippen molar-refractivity contribution in [3.8, 4) is 22.0 Å². The van der Waals surface area contributed by atoms with Crippen molar-refractivity contribution < 1.29 is 4.39 Å². The van der Waals surface area contributed by atoms with Gasteiger partial charge in [0.1, 0.15) is 11.2 Å². The van der Waals surface area contributed by atoms with Gasteiger partial charge in [-0.1, -0.05) is 43.0 Å². The van der Waals surface area contributed by atoms with Crippen molar-refractivity contribution in [2.24, 2.45) is 0 Å². The Morgan fingerprint density at radius 3 is 2.64 bits per heavy atom. The van der Waals surface area contributed by atoms with E-state index in [1.54, 1.807) is 18.5 Å². The number of H-pyrrole nitrogens is 2. The highest BCUT2D eigenvalue weighted by atomic mass is 32.1. The summed E-state index contributed by atoms with van der Waals surface area (Å²) in [4.78, 5) is 17.6. The summed E-state index contributed by atoms with van der Waals surface area (Å²) in [5.74, 6) is 0.577. The number of benzene rings is 1. The number of pyridine rings is 2. The molecular formula is C31H25FN6S. The van der Waals surface area contributed by atoms with Crippen LogP contribution in [0, 0.1) is 5.13 Å². The van der Waals surface area contributed by atoms with Crippen LogP contribution in [0.3, 0.4) is 0 Å².